The summed E-state index contributed by atoms with van der Waals surface area (Å²) in [6.45, 7) is 7.56. The van der Waals surface area contributed by atoms with Gasteiger partial charge >= 0.3 is 0 Å². The minimum absolute atomic E-state index is 0.226. The standard InChI is InChI=1S/C15H22ClN7OS/c1-15(2,3)25(24)22-6-4-11(5-7-22)21-13-12(16)14(19-9-18-13)23-10-17-8-20-23/h8-11H,4-7H2,1-3H3,(H,18,19,21). The Morgan fingerprint density at radius 2 is 1.96 bits per heavy atom. The third-order valence-corrected chi connectivity index (χ3v) is 6.19. The van der Waals surface area contributed by atoms with Gasteiger partial charge in [-0.15, -0.1) is 0 Å². The van der Waals surface area contributed by atoms with Crippen LogP contribution in [-0.4, -0.2) is 57.1 Å². The number of piperidine rings is 1. The maximum absolute atomic E-state index is 12.5. The average molecular weight is 384 g/mol. The Balaban J connectivity index is 1.65. The SMILES string of the molecule is CC(C)(C)S(=O)N1CCC(Nc2ncnc(-n3cncn3)c2Cl)CC1. The van der Waals surface area contributed by atoms with Crippen LogP contribution in [0, 0.1) is 0 Å². The van der Waals surface area contributed by atoms with Crippen molar-refractivity contribution in [2.45, 2.75) is 44.4 Å². The van der Waals surface area contributed by atoms with Gasteiger partial charge in [-0.05, 0) is 33.6 Å². The molecule has 1 atom stereocenters. The summed E-state index contributed by atoms with van der Waals surface area (Å²) in [6.07, 6.45) is 6.17. The van der Waals surface area contributed by atoms with Crippen molar-refractivity contribution >= 4 is 28.4 Å². The molecule has 10 heteroatoms. The smallest absolute Gasteiger partial charge is 0.179 e. The van der Waals surface area contributed by atoms with Gasteiger partial charge in [-0.3, -0.25) is 0 Å². The monoisotopic (exact) mass is 383 g/mol. The van der Waals surface area contributed by atoms with Crippen LogP contribution in [0.3, 0.4) is 0 Å². The Kier molecular flexibility index (Phi) is 5.35. The molecule has 0 radical (unpaired) electrons. The summed E-state index contributed by atoms with van der Waals surface area (Å²) in [5, 5.41) is 7.84. The van der Waals surface area contributed by atoms with Crippen LogP contribution in [0.5, 0.6) is 0 Å². The Bertz CT molecular complexity index is 739. The van der Waals surface area contributed by atoms with Gasteiger partial charge in [0.25, 0.3) is 0 Å². The van der Waals surface area contributed by atoms with E-state index in [0.29, 0.717) is 16.7 Å². The second-order valence-corrected chi connectivity index (χ2v) is 9.53. The van der Waals surface area contributed by atoms with Gasteiger partial charge in [-0.2, -0.15) is 5.10 Å². The van der Waals surface area contributed by atoms with Crippen molar-refractivity contribution in [3.05, 3.63) is 24.0 Å². The lowest BCUT2D eigenvalue weighted by molar-refractivity contribution is 0.339. The van der Waals surface area contributed by atoms with E-state index in [1.165, 1.54) is 23.7 Å². The van der Waals surface area contributed by atoms with Crippen LogP contribution < -0.4 is 5.32 Å². The van der Waals surface area contributed by atoms with E-state index in [1.807, 2.05) is 25.1 Å². The lowest BCUT2D eigenvalue weighted by atomic mass is 10.1. The number of aromatic nitrogens is 5. The highest BCUT2D eigenvalue weighted by Crippen LogP contribution is 2.27. The van der Waals surface area contributed by atoms with Crippen LogP contribution in [-0.2, 0) is 11.0 Å². The second kappa shape index (κ2) is 7.35. The van der Waals surface area contributed by atoms with Crippen molar-refractivity contribution in [1.82, 2.24) is 29.0 Å². The molecule has 136 valence electrons. The van der Waals surface area contributed by atoms with Gasteiger partial charge in [-0.1, -0.05) is 11.6 Å². The van der Waals surface area contributed by atoms with Crippen molar-refractivity contribution in [2.75, 3.05) is 18.4 Å². The number of halogens is 1. The van der Waals surface area contributed by atoms with Crippen molar-refractivity contribution in [3.63, 3.8) is 0 Å². The zero-order chi connectivity index (χ0) is 18.0. The van der Waals surface area contributed by atoms with Gasteiger partial charge in [0.05, 0.1) is 15.7 Å². The molecule has 1 unspecified atom stereocenters. The molecular weight excluding hydrogens is 362 g/mol. The van der Waals surface area contributed by atoms with Crippen molar-refractivity contribution < 1.29 is 4.21 Å². The van der Waals surface area contributed by atoms with Crippen LogP contribution in [0.4, 0.5) is 5.82 Å². The van der Waals surface area contributed by atoms with Crippen LogP contribution >= 0.6 is 11.6 Å². The number of nitrogens with zero attached hydrogens (tertiary/aromatic N) is 6. The molecule has 3 heterocycles. The molecule has 2 aromatic heterocycles. The maximum atomic E-state index is 12.5. The summed E-state index contributed by atoms with van der Waals surface area (Å²) in [6, 6.07) is 0.226. The van der Waals surface area contributed by atoms with Gasteiger partial charge in [0, 0.05) is 19.1 Å². The summed E-state index contributed by atoms with van der Waals surface area (Å²) in [5.74, 6) is 1.07. The topological polar surface area (TPSA) is 88.8 Å². The molecule has 1 aliphatic rings. The number of anilines is 1. The molecule has 2 aromatic rings. The number of rotatable bonds is 4. The lowest BCUT2D eigenvalue weighted by Gasteiger charge is -2.35. The first-order chi connectivity index (χ1) is 11.9. The van der Waals surface area contributed by atoms with E-state index in [2.05, 4.69) is 25.4 Å². The van der Waals surface area contributed by atoms with Crippen LogP contribution in [0.25, 0.3) is 5.82 Å². The van der Waals surface area contributed by atoms with Gasteiger partial charge in [-0.25, -0.2) is 28.1 Å². The van der Waals surface area contributed by atoms with Gasteiger partial charge < -0.3 is 5.32 Å². The largest absolute Gasteiger partial charge is 0.366 e. The Hall–Kier alpha value is -1.58. The molecule has 3 rings (SSSR count). The highest BCUT2D eigenvalue weighted by molar-refractivity contribution is 7.84. The molecule has 0 aliphatic carbocycles. The molecule has 0 amide bonds. The second-order valence-electron chi connectivity index (χ2n) is 6.91. The van der Waals surface area contributed by atoms with E-state index in [9.17, 15) is 4.21 Å². The fraction of sp³-hybridized carbons (Fsp3) is 0.600. The third kappa shape index (κ3) is 4.16. The highest BCUT2D eigenvalue weighted by atomic mass is 35.5. The molecular formula is C15H22ClN7OS. The van der Waals surface area contributed by atoms with E-state index >= 15 is 0 Å². The molecule has 1 aliphatic heterocycles. The van der Waals surface area contributed by atoms with E-state index in [-0.39, 0.29) is 10.8 Å². The zero-order valence-corrected chi connectivity index (χ0v) is 16.1. The first kappa shape index (κ1) is 18.2. The van der Waals surface area contributed by atoms with E-state index < -0.39 is 11.0 Å². The average Bonchev–Trinajstić information content (AvgIpc) is 3.10. The van der Waals surface area contributed by atoms with Crippen molar-refractivity contribution in [1.29, 1.82) is 0 Å². The molecule has 8 nitrogen and oxygen atoms in total. The first-order valence-corrected chi connectivity index (χ1v) is 9.63. The number of hydrogen-bond donors (Lipinski definition) is 1. The lowest BCUT2D eigenvalue weighted by Crippen LogP contribution is -2.45. The zero-order valence-electron chi connectivity index (χ0n) is 14.5. The minimum atomic E-state index is -0.978. The van der Waals surface area contributed by atoms with Crippen LogP contribution in [0.2, 0.25) is 5.02 Å². The molecule has 1 fully saturated rings. The highest BCUT2D eigenvalue weighted by Gasteiger charge is 2.30. The predicted molar refractivity (Wildman–Crippen MR) is 98.1 cm³/mol. The molecule has 1 N–H and O–H groups in total. The molecule has 25 heavy (non-hydrogen) atoms. The van der Waals surface area contributed by atoms with Crippen molar-refractivity contribution in [3.8, 4) is 5.82 Å². The molecule has 0 spiro atoms. The van der Waals surface area contributed by atoms with Crippen LogP contribution in [0.15, 0.2) is 19.0 Å². The summed E-state index contributed by atoms with van der Waals surface area (Å²) in [7, 11) is -0.978. The van der Waals surface area contributed by atoms with E-state index in [0.717, 1.165) is 25.9 Å². The fourth-order valence-electron chi connectivity index (χ4n) is 2.69. The Morgan fingerprint density at radius 1 is 1.24 bits per heavy atom. The first-order valence-electron chi connectivity index (χ1n) is 8.15. The number of nitrogens with one attached hydrogen (secondary N) is 1. The molecule has 0 bridgehead atoms. The third-order valence-electron chi connectivity index (χ3n) is 3.96. The van der Waals surface area contributed by atoms with E-state index in [4.69, 9.17) is 11.6 Å². The van der Waals surface area contributed by atoms with E-state index in [1.54, 1.807) is 0 Å². The normalized spacial score (nSPS) is 18.2. The maximum Gasteiger partial charge on any atom is 0.179 e. The summed E-state index contributed by atoms with van der Waals surface area (Å²) >= 11 is 6.42. The van der Waals surface area contributed by atoms with Gasteiger partial charge in [0.1, 0.15) is 24.0 Å². The Morgan fingerprint density at radius 3 is 2.56 bits per heavy atom. The number of hydrogen-bond acceptors (Lipinski definition) is 6. The van der Waals surface area contributed by atoms with Crippen molar-refractivity contribution in [2.24, 2.45) is 0 Å². The molecule has 0 aromatic carbocycles. The molecule has 0 saturated carbocycles. The minimum Gasteiger partial charge on any atom is -0.366 e. The van der Waals surface area contributed by atoms with Gasteiger partial charge in [0.2, 0.25) is 0 Å². The summed E-state index contributed by atoms with van der Waals surface area (Å²) in [5.41, 5.74) is 0. The Labute approximate surface area is 154 Å². The molecule has 1 saturated heterocycles. The van der Waals surface area contributed by atoms with Crippen LogP contribution in [0.1, 0.15) is 33.6 Å². The fourth-order valence-corrected chi connectivity index (χ4v) is 4.24. The predicted octanol–water partition coefficient (Wildman–Crippen LogP) is 2.05. The quantitative estimate of drug-likeness (QED) is 0.869. The summed E-state index contributed by atoms with van der Waals surface area (Å²) < 4.78 is 15.8. The van der Waals surface area contributed by atoms with Gasteiger partial charge in [0.15, 0.2) is 11.6 Å². The summed E-state index contributed by atoms with van der Waals surface area (Å²) in [4.78, 5) is 12.3.